The highest BCUT2D eigenvalue weighted by Crippen LogP contribution is 2.30. The average Bonchev–Trinajstić information content (AvgIpc) is 2.87. The summed E-state index contributed by atoms with van der Waals surface area (Å²) < 4.78 is 13.0. The van der Waals surface area contributed by atoms with Gasteiger partial charge in [-0.25, -0.2) is 4.39 Å². The number of rotatable bonds is 5. The number of amides is 3. The number of carbonyl (C=O) groups excluding carboxylic acids is 3. The van der Waals surface area contributed by atoms with Gasteiger partial charge in [0.25, 0.3) is 17.5 Å². The predicted octanol–water partition coefficient (Wildman–Crippen LogP) is 2.21. The maximum atomic E-state index is 13.0. The number of nitrogens with zero attached hydrogens (tertiary/aromatic N) is 2. The number of halogens is 1. The standard InChI is InChI=1S/C18H14FN3O5/c1-10(11-5-7-12(19)8-6-11)20-15(23)9-21-17(24)13-3-2-4-14(22(26)27)16(13)18(21)25/h2-8,10H,9H2,1H3,(H,20,23)/t10-/m0/s1. The van der Waals surface area contributed by atoms with E-state index in [2.05, 4.69) is 5.32 Å². The first-order valence-corrected chi connectivity index (χ1v) is 7.98. The van der Waals surface area contributed by atoms with Gasteiger partial charge in [-0.1, -0.05) is 18.2 Å². The van der Waals surface area contributed by atoms with Crippen LogP contribution in [-0.2, 0) is 4.79 Å². The molecule has 0 aliphatic carbocycles. The molecule has 1 aliphatic heterocycles. The number of imide groups is 1. The summed E-state index contributed by atoms with van der Waals surface area (Å²) in [5.41, 5.74) is -0.253. The Balaban J connectivity index is 1.74. The van der Waals surface area contributed by atoms with Crippen molar-refractivity contribution in [3.63, 3.8) is 0 Å². The van der Waals surface area contributed by atoms with E-state index in [1.54, 1.807) is 6.92 Å². The van der Waals surface area contributed by atoms with Gasteiger partial charge in [-0.15, -0.1) is 0 Å². The molecular weight excluding hydrogens is 357 g/mol. The van der Waals surface area contributed by atoms with Crippen molar-refractivity contribution < 1.29 is 23.7 Å². The van der Waals surface area contributed by atoms with Gasteiger partial charge in [0.2, 0.25) is 5.91 Å². The molecule has 3 rings (SSSR count). The van der Waals surface area contributed by atoms with Gasteiger partial charge in [0.15, 0.2) is 0 Å². The van der Waals surface area contributed by atoms with Gasteiger partial charge >= 0.3 is 0 Å². The molecular formula is C18H14FN3O5. The number of carbonyl (C=O) groups is 3. The van der Waals surface area contributed by atoms with Gasteiger partial charge < -0.3 is 5.32 Å². The van der Waals surface area contributed by atoms with Crippen molar-refractivity contribution in [1.29, 1.82) is 0 Å². The van der Waals surface area contributed by atoms with Gasteiger partial charge in [-0.2, -0.15) is 0 Å². The minimum atomic E-state index is -0.883. The second-order valence-electron chi connectivity index (χ2n) is 5.99. The second kappa shape index (κ2) is 6.94. The first-order valence-electron chi connectivity index (χ1n) is 7.98. The van der Waals surface area contributed by atoms with Crippen molar-refractivity contribution in [2.75, 3.05) is 6.54 Å². The van der Waals surface area contributed by atoms with Crippen LogP contribution in [0.25, 0.3) is 0 Å². The van der Waals surface area contributed by atoms with E-state index in [0.29, 0.717) is 10.5 Å². The van der Waals surface area contributed by atoms with Crippen molar-refractivity contribution in [2.24, 2.45) is 0 Å². The zero-order chi connectivity index (χ0) is 19.7. The average molecular weight is 371 g/mol. The lowest BCUT2D eigenvalue weighted by Crippen LogP contribution is -2.41. The van der Waals surface area contributed by atoms with E-state index >= 15 is 0 Å². The van der Waals surface area contributed by atoms with E-state index in [9.17, 15) is 28.9 Å². The summed E-state index contributed by atoms with van der Waals surface area (Å²) in [6.07, 6.45) is 0. The zero-order valence-corrected chi connectivity index (χ0v) is 14.1. The third-order valence-electron chi connectivity index (χ3n) is 4.22. The third-order valence-corrected chi connectivity index (χ3v) is 4.22. The van der Waals surface area contributed by atoms with Gasteiger partial charge in [0, 0.05) is 6.07 Å². The van der Waals surface area contributed by atoms with Crippen LogP contribution in [0, 0.1) is 15.9 Å². The summed E-state index contributed by atoms with van der Waals surface area (Å²) >= 11 is 0. The van der Waals surface area contributed by atoms with Crippen molar-refractivity contribution in [3.05, 3.63) is 75.1 Å². The molecule has 1 N–H and O–H groups in total. The number of hydrogen-bond donors (Lipinski definition) is 1. The van der Waals surface area contributed by atoms with Gasteiger partial charge in [-0.3, -0.25) is 29.4 Å². The van der Waals surface area contributed by atoms with Crippen LogP contribution in [-0.4, -0.2) is 34.1 Å². The fourth-order valence-corrected chi connectivity index (χ4v) is 2.88. The molecule has 1 heterocycles. The summed E-state index contributed by atoms with van der Waals surface area (Å²) in [5.74, 6) is -2.68. The van der Waals surface area contributed by atoms with E-state index in [0.717, 1.165) is 6.07 Å². The van der Waals surface area contributed by atoms with Gasteiger partial charge in [0.05, 0.1) is 16.5 Å². The molecule has 2 aromatic rings. The minimum absolute atomic E-state index is 0.103. The topological polar surface area (TPSA) is 110 Å². The van der Waals surface area contributed by atoms with Crippen LogP contribution >= 0.6 is 0 Å². The molecule has 27 heavy (non-hydrogen) atoms. The van der Waals surface area contributed by atoms with E-state index < -0.39 is 46.7 Å². The molecule has 0 fully saturated rings. The molecule has 9 heteroatoms. The molecule has 138 valence electrons. The number of benzene rings is 2. The molecule has 8 nitrogen and oxygen atoms in total. The van der Waals surface area contributed by atoms with Crippen LogP contribution in [0.5, 0.6) is 0 Å². The molecule has 2 aromatic carbocycles. The summed E-state index contributed by atoms with van der Waals surface area (Å²) in [5, 5.41) is 13.7. The molecule has 0 aromatic heterocycles. The molecule has 0 saturated heterocycles. The van der Waals surface area contributed by atoms with Crippen LogP contribution in [0.15, 0.2) is 42.5 Å². The van der Waals surface area contributed by atoms with Gasteiger partial charge in [-0.05, 0) is 30.7 Å². The SMILES string of the molecule is C[C@H](NC(=O)CN1C(=O)c2cccc([N+](=O)[O-])c2C1=O)c1ccc(F)cc1. The number of nitrogens with one attached hydrogen (secondary N) is 1. The molecule has 0 spiro atoms. The van der Waals surface area contributed by atoms with Crippen LogP contribution in [0.1, 0.15) is 39.2 Å². The van der Waals surface area contributed by atoms with Gasteiger partial charge in [0.1, 0.15) is 17.9 Å². The smallest absolute Gasteiger partial charge is 0.282 e. The Kier molecular flexibility index (Phi) is 4.68. The van der Waals surface area contributed by atoms with E-state index in [1.807, 2.05) is 0 Å². The molecule has 1 atom stereocenters. The Labute approximate surface area is 152 Å². The molecule has 0 bridgehead atoms. The Hall–Kier alpha value is -3.62. The highest BCUT2D eigenvalue weighted by atomic mass is 19.1. The Morgan fingerprint density at radius 2 is 1.85 bits per heavy atom. The van der Waals surface area contributed by atoms with Crippen LogP contribution in [0.3, 0.4) is 0 Å². The van der Waals surface area contributed by atoms with Crippen molar-refractivity contribution in [1.82, 2.24) is 10.2 Å². The highest BCUT2D eigenvalue weighted by molar-refractivity contribution is 6.24. The van der Waals surface area contributed by atoms with Crippen molar-refractivity contribution in [3.8, 4) is 0 Å². The molecule has 3 amide bonds. The highest BCUT2D eigenvalue weighted by Gasteiger charge is 2.41. The lowest BCUT2D eigenvalue weighted by atomic mass is 10.1. The van der Waals surface area contributed by atoms with E-state index in [1.165, 1.54) is 36.4 Å². The quantitative estimate of drug-likeness (QED) is 0.492. The molecule has 1 aliphatic rings. The minimum Gasteiger partial charge on any atom is -0.348 e. The molecule has 0 radical (unpaired) electrons. The maximum absolute atomic E-state index is 13.0. The number of nitro benzene ring substituents is 1. The fourth-order valence-electron chi connectivity index (χ4n) is 2.88. The fraction of sp³-hybridized carbons (Fsp3) is 0.167. The first kappa shape index (κ1) is 18.2. The van der Waals surface area contributed by atoms with E-state index in [4.69, 9.17) is 0 Å². The molecule has 0 saturated carbocycles. The van der Waals surface area contributed by atoms with Crippen LogP contribution in [0.4, 0.5) is 10.1 Å². The summed E-state index contributed by atoms with van der Waals surface area (Å²) in [6.45, 7) is 1.09. The number of nitro groups is 1. The summed E-state index contributed by atoms with van der Waals surface area (Å²) in [4.78, 5) is 48.1. The van der Waals surface area contributed by atoms with Crippen molar-refractivity contribution >= 4 is 23.4 Å². The van der Waals surface area contributed by atoms with Crippen molar-refractivity contribution in [2.45, 2.75) is 13.0 Å². The van der Waals surface area contributed by atoms with E-state index in [-0.39, 0.29) is 11.1 Å². The first-order chi connectivity index (χ1) is 12.8. The predicted molar refractivity (Wildman–Crippen MR) is 91.4 cm³/mol. The maximum Gasteiger partial charge on any atom is 0.282 e. The van der Waals surface area contributed by atoms with Crippen LogP contribution < -0.4 is 5.32 Å². The lowest BCUT2D eigenvalue weighted by Gasteiger charge is -2.17. The van der Waals surface area contributed by atoms with Crippen LogP contribution in [0.2, 0.25) is 0 Å². The second-order valence-corrected chi connectivity index (χ2v) is 5.99. The number of fused-ring (bicyclic) bond motifs is 1. The molecule has 0 unspecified atom stereocenters. The monoisotopic (exact) mass is 371 g/mol. The largest absolute Gasteiger partial charge is 0.348 e. The lowest BCUT2D eigenvalue weighted by molar-refractivity contribution is -0.385. The summed E-state index contributed by atoms with van der Waals surface area (Å²) in [6, 6.07) is 8.77. The Morgan fingerprint density at radius 3 is 2.48 bits per heavy atom. The third kappa shape index (κ3) is 3.39. The number of hydrogen-bond acceptors (Lipinski definition) is 5. The zero-order valence-electron chi connectivity index (χ0n) is 14.1. The normalized spacial score (nSPS) is 14.1. The Morgan fingerprint density at radius 1 is 1.19 bits per heavy atom. The summed E-state index contributed by atoms with van der Waals surface area (Å²) in [7, 11) is 0. The Bertz CT molecular complexity index is 958.